The van der Waals surface area contributed by atoms with Crippen LogP contribution >= 0.6 is 0 Å². The van der Waals surface area contributed by atoms with E-state index in [0.29, 0.717) is 25.4 Å². The third-order valence-electron chi connectivity index (χ3n) is 3.07. The van der Waals surface area contributed by atoms with Crippen molar-refractivity contribution in [2.24, 2.45) is 5.73 Å². The molecule has 0 spiro atoms. The third kappa shape index (κ3) is 2.83. The van der Waals surface area contributed by atoms with Gasteiger partial charge in [0.1, 0.15) is 5.69 Å². The van der Waals surface area contributed by atoms with Crippen LogP contribution in [0.15, 0.2) is 29.1 Å². The highest BCUT2D eigenvalue weighted by atomic mass is 16.5. The average molecular weight is 261 g/mol. The lowest BCUT2D eigenvalue weighted by molar-refractivity contribution is 0.0569. The van der Waals surface area contributed by atoms with Crippen LogP contribution in [0.2, 0.25) is 0 Å². The number of hydrogen-bond acceptors (Lipinski definition) is 4. The van der Waals surface area contributed by atoms with Crippen LogP contribution in [0, 0.1) is 6.92 Å². The fourth-order valence-corrected chi connectivity index (χ4v) is 2.14. The predicted octanol–water partition coefficient (Wildman–Crippen LogP) is 1.07. The molecule has 0 amide bonds. The van der Waals surface area contributed by atoms with E-state index in [0.717, 1.165) is 11.0 Å². The predicted molar refractivity (Wildman–Crippen MR) is 75.2 cm³/mol. The Labute approximate surface area is 112 Å². The highest BCUT2D eigenvalue weighted by molar-refractivity contribution is 5.74. The summed E-state index contributed by atoms with van der Waals surface area (Å²) in [5.41, 5.74) is 7.72. The molecule has 1 atom stereocenters. The molecule has 0 fully saturated rings. The van der Waals surface area contributed by atoms with Crippen molar-refractivity contribution in [1.29, 1.82) is 0 Å². The van der Waals surface area contributed by atoms with E-state index in [2.05, 4.69) is 4.98 Å². The zero-order valence-corrected chi connectivity index (χ0v) is 11.3. The second kappa shape index (κ2) is 5.95. The SMILES string of the molecule is CCOC(CN)Cn1c(=O)c(C)nc2ccccc21. The molecular weight excluding hydrogens is 242 g/mol. The highest BCUT2D eigenvalue weighted by Crippen LogP contribution is 2.10. The summed E-state index contributed by atoms with van der Waals surface area (Å²) < 4.78 is 7.23. The minimum Gasteiger partial charge on any atom is -0.375 e. The molecular formula is C14H19N3O2. The Kier molecular flexibility index (Phi) is 4.29. The molecule has 0 aliphatic heterocycles. The highest BCUT2D eigenvalue weighted by Gasteiger charge is 2.13. The van der Waals surface area contributed by atoms with Gasteiger partial charge in [-0.25, -0.2) is 4.98 Å². The average Bonchev–Trinajstić information content (AvgIpc) is 2.42. The normalized spacial score (nSPS) is 12.8. The Morgan fingerprint density at radius 1 is 1.42 bits per heavy atom. The molecule has 5 heteroatoms. The molecule has 0 saturated carbocycles. The molecule has 1 heterocycles. The molecule has 1 unspecified atom stereocenters. The number of ether oxygens (including phenoxy) is 1. The van der Waals surface area contributed by atoms with Crippen molar-refractivity contribution in [3.63, 3.8) is 0 Å². The number of hydrogen-bond donors (Lipinski definition) is 1. The fraction of sp³-hybridized carbons (Fsp3) is 0.429. The van der Waals surface area contributed by atoms with Crippen molar-refractivity contribution in [2.45, 2.75) is 26.5 Å². The van der Waals surface area contributed by atoms with Gasteiger partial charge in [0.2, 0.25) is 0 Å². The molecule has 0 radical (unpaired) electrons. The Hall–Kier alpha value is -1.72. The van der Waals surface area contributed by atoms with Crippen LogP contribution in [0.4, 0.5) is 0 Å². The van der Waals surface area contributed by atoms with Gasteiger partial charge in [-0.2, -0.15) is 0 Å². The fourth-order valence-electron chi connectivity index (χ4n) is 2.14. The summed E-state index contributed by atoms with van der Waals surface area (Å²) in [6, 6.07) is 7.60. The van der Waals surface area contributed by atoms with Crippen molar-refractivity contribution < 1.29 is 4.74 Å². The first kappa shape index (κ1) is 13.7. The van der Waals surface area contributed by atoms with Crippen molar-refractivity contribution in [1.82, 2.24) is 9.55 Å². The van der Waals surface area contributed by atoms with E-state index in [1.54, 1.807) is 11.5 Å². The minimum atomic E-state index is -0.159. The Bertz CT molecular complexity index is 622. The van der Waals surface area contributed by atoms with Gasteiger partial charge in [0.25, 0.3) is 5.56 Å². The van der Waals surface area contributed by atoms with Gasteiger partial charge in [-0.15, -0.1) is 0 Å². The lowest BCUT2D eigenvalue weighted by atomic mass is 10.2. The van der Waals surface area contributed by atoms with Crippen LogP contribution in [0.25, 0.3) is 11.0 Å². The maximum absolute atomic E-state index is 12.2. The van der Waals surface area contributed by atoms with Crippen LogP contribution < -0.4 is 11.3 Å². The molecule has 1 aromatic carbocycles. The summed E-state index contributed by atoms with van der Waals surface area (Å²) in [6.07, 6.45) is -0.159. The topological polar surface area (TPSA) is 70.1 Å². The molecule has 2 aromatic rings. The maximum atomic E-state index is 12.2. The summed E-state index contributed by atoms with van der Waals surface area (Å²) in [5, 5.41) is 0. The van der Waals surface area contributed by atoms with Crippen LogP contribution in [-0.2, 0) is 11.3 Å². The zero-order valence-electron chi connectivity index (χ0n) is 11.3. The van der Waals surface area contributed by atoms with Gasteiger partial charge in [0, 0.05) is 13.2 Å². The van der Waals surface area contributed by atoms with Gasteiger partial charge in [-0.1, -0.05) is 12.1 Å². The van der Waals surface area contributed by atoms with Crippen LogP contribution in [0.3, 0.4) is 0 Å². The summed E-state index contributed by atoms with van der Waals surface area (Å²) in [5.74, 6) is 0. The zero-order chi connectivity index (χ0) is 13.8. The first-order valence-corrected chi connectivity index (χ1v) is 6.45. The Balaban J connectivity index is 2.51. The molecule has 102 valence electrons. The van der Waals surface area contributed by atoms with E-state index in [4.69, 9.17) is 10.5 Å². The smallest absolute Gasteiger partial charge is 0.272 e. The molecule has 5 nitrogen and oxygen atoms in total. The number of rotatable bonds is 5. The first-order chi connectivity index (χ1) is 9.17. The Morgan fingerprint density at radius 3 is 2.84 bits per heavy atom. The van der Waals surface area contributed by atoms with Crippen LogP contribution in [0.5, 0.6) is 0 Å². The molecule has 0 aliphatic rings. The summed E-state index contributed by atoms with van der Waals surface area (Å²) in [7, 11) is 0. The van der Waals surface area contributed by atoms with Crippen molar-refractivity contribution in [2.75, 3.05) is 13.2 Å². The number of nitrogens with zero attached hydrogens (tertiary/aromatic N) is 2. The van der Waals surface area contributed by atoms with Crippen LogP contribution in [-0.4, -0.2) is 28.8 Å². The van der Waals surface area contributed by atoms with Gasteiger partial charge >= 0.3 is 0 Å². The largest absolute Gasteiger partial charge is 0.375 e. The van der Waals surface area contributed by atoms with Crippen molar-refractivity contribution in [3.8, 4) is 0 Å². The molecule has 2 N–H and O–H groups in total. The van der Waals surface area contributed by atoms with Gasteiger partial charge in [0.15, 0.2) is 0 Å². The molecule has 0 bridgehead atoms. The number of para-hydroxylation sites is 2. The quantitative estimate of drug-likeness (QED) is 0.874. The number of aryl methyl sites for hydroxylation is 1. The van der Waals surface area contributed by atoms with Crippen LogP contribution in [0.1, 0.15) is 12.6 Å². The molecule has 2 rings (SSSR count). The number of fused-ring (bicyclic) bond motifs is 1. The number of aromatic nitrogens is 2. The molecule has 0 saturated heterocycles. The standard InChI is InChI=1S/C14H19N3O2/c1-3-19-11(8-15)9-17-13-7-5-4-6-12(13)16-10(2)14(17)18/h4-7,11H,3,8-9,15H2,1-2H3. The van der Waals surface area contributed by atoms with E-state index in [1.165, 1.54) is 0 Å². The maximum Gasteiger partial charge on any atom is 0.272 e. The summed E-state index contributed by atoms with van der Waals surface area (Å²) >= 11 is 0. The molecule has 19 heavy (non-hydrogen) atoms. The third-order valence-corrected chi connectivity index (χ3v) is 3.07. The molecule has 0 aliphatic carbocycles. The van der Waals surface area contributed by atoms with Gasteiger partial charge in [-0.05, 0) is 26.0 Å². The lowest BCUT2D eigenvalue weighted by Crippen LogP contribution is -2.34. The lowest BCUT2D eigenvalue weighted by Gasteiger charge is -2.18. The minimum absolute atomic E-state index is 0.0862. The van der Waals surface area contributed by atoms with Crippen molar-refractivity contribution >= 4 is 11.0 Å². The first-order valence-electron chi connectivity index (χ1n) is 6.45. The Morgan fingerprint density at radius 2 is 2.16 bits per heavy atom. The second-order valence-electron chi connectivity index (χ2n) is 4.41. The molecule has 1 aromatic heterocycles. The van der Waals surface area contributed by atoms with E-state index in [1.807, 2.05) is 31.2 Å². The van der Waals surface area contributed by atoms with Gasteiger partial charge in [-0.3, -0.25) is 4.79 Å². The van der Waals surface area contributed by atoms with E-state index < -0.39 is 0 Å². The van der Waals surface area contributed by atoms with Gasteiger partial charge in [0.05, 0.1) is 23.7 Å². The van der Waals surface area contributed by atoms with E-state index in [-0.39, 0.29) is 11.7 Å². The summed E-state index contributed by atoms with van der Waals surface area (Å²) in [4.78, 5) is 16.6. The number of nitrogens with two attached hydrogens (primary N) is 1. The second-order valence-corrected chi connectivity index (χ2v) is 4.41. The number of benzene rings is 1. The van der Waals surface area contributed by atoms with Crippen molar-refractivity contribution in [3.05, 3.63) is 40.3 Å². The van der Waals surface area contributed by atoms with E-state index >= 15 is 0 Å². The van der Waals surface area contributed by atoms with E-state index in [9.17, 15) is 4.79 Å². The van der Waals surface area contributed by atoms with Gasteiger partial charge < -0.3 is 15.0 Å². The summed E-state index contributed by atoms with van der Waals surface area (Å²) in [6.45, 7) is 5.06. The monoisotopic (exact) mass is 261 g/mol.